The van der Waals surface area contributed by atoms with Crippen molar-refractivity contribution >= 4 is 17.2 Å². The molecule has 1 aromatic heterocycles. The molecule has 0 spiro atoms. The summed E-state index contributed by atoms with van der Waals surface area (Å²) in [5.41, 5.74) is 5.02. The summed E-state index contributed by atoms with van der Waals surface area (Å²) in [4.78, 5) is 15.6. The fourth-order valence-electron chi connectivity index (χ4n) is 1.01. The van der Waals surface area contributed by atoms with Crippen LogP contribution in [0.1, 0.15) is 25.8 Å². The van der Waals surface area contributed by atoms with E-state index >= 15 is 0 Å². The fraction of sp³-hybridized carbons (Fsp3) is 0.556. The predicted molar refractivity (Wildman–Crippen MR) is 56.9 cm³/mol. The molecule has 0 aliphatic carbocycles. The molecule has 3 N–H and O–H groups in total. The van der Waals surface area contributed by atoms with Crippen molar-refractivity contribution in [1.29, 1.82) is 0 Å². The largest absolute Gasteiger partial charge is 0.343 e. The van der Waals surface area contributed by atoms with Gasteiger partial charge in [0.25, 0.3) is 0 Å². The summed E-state index contributed by atoms with van der Waals surface area (Å²) in [6.07, 6.45) is 1.72. The molecule has 0 saturated carbocycles. The number of hydrogen-bond donors (Lipinski definition) is 2. The van der Waals surface area contributed by atoms with E-state index in [4.69, 9.17) is 5.73 Å². The molecule has 78 valence electrons. The molecule has 5 heteroatoms. The number of amides is 1. The van der Waals surface area contributed by atoms with Crippen LogP contribution in [0.4, 0.5) is 0 Å². The van der Waals surface area contributed by atoms with E-state index in [1.807, 2.05) is 19.2 Å². The van der Waals surface area contributed by atoms with Crippen LogP contribution in [0.15, 0.2) is 11.6 Å². The zero-order valence-electron chi connectivity index (χ0n) is 8.57. The normalized spacial score (nSPS) is 13.7. The van der Waals surface area contributed by atoms with Crippen molar-refractivity contribution in [3.8, 4) is 0 Å². The third-order valence-corrected chi connectivity index (χ3v) is 2.91. The van der Waals surface area contributed by atoms with Crippen LogP contribution in [-0.2, 0) is 10.3 Å². The maximum atomic E-state index is 11.4. The zero-order valence-corrected chi connectivity index (χ0v) is 9.39. The van der Waals surface area contributed by atoms with Gasteiger partial charge < -0.3 is 11.1 Å². The van der Waals surface area contributed by atoms with E-state index in [9.17, 15) is 4.79 Å². The molecule has 0 aromatic carbocycles. The van der Waals surface area contributed by atoms with E-state index in [0.29, 0.717) is 0 Å². The van der Waals surface area contributed by atoms with Crippen LogP contribution in [0.3, 0.4) is 0 Å². The van der Waals surface area contributed by atoms with Crippen molar-refractivity contribution in [1.82, 2.24) is 10.3 Å². The second kappa shape index (κ2) is 4.06. The molecule has 1 aromatic rings. The molecule has 0 radical (unpaired) electrons. The zero-order chi connectivity index (χ0) is 10.8. The number of nitrogens with two attached hydrogens (primary N) is 1. The van der Waals surface area contributed by atoms with Gasteiger partial charge in [0.2, 0.25) is 5.91 Å². The summed E-state index contributed by atoms with van der Waals surface area (Å²) in [7, 11) is 0. The van der Waals surface area contributed by atoms with Crippen LogP contribution in [-0.4, -0.2) is 16.9 Å². The van der Waals surface area contributed by atoms with Crippen molar-refractivity contribution in [2.75, 3.05) is 0 Å². The molecule has 0 bridgehead atoms. The van der Waals surface area contributed by atoms with Gasteiger partial charge in [-0.05, 0) is 20.8 Å². The highest BCUT2D eigenvalue weighted by Crippen LogP contribution is 2.21. The summed E-state index contributed by atoms with van der Waals surface area (Å²) >= 11 is 1.52. The maximum absolute atomic E-state index is 11.4. The van der Waals surface area contributed by atoms with E-state index in [1.165, 1.54) is 11.3 Å². The van der Waals surface area contributed by atoms with E-state index in [-0.39, 0.29) is 5.91 Å². The fourth-order valence-corrected chi connectivity index (χ4v) is 1.73. The molecule has 0 saturated heterocycles. The van der Waals surface area contributed by atoms with Crippen molar-refractivity contribution in [2.45, 2.75) is 32.4 Å². The number of nitrogens with one attached hydrogen (secondary N) is 1. The van der Waals surface area contributed by atoms with E-state index in [2.05, 4.69) is 10.3 Å². The van der Waals surface area contributed by atoms with Gasteiger partial charge in [-0.1, -0.05) is 0 Å². The van der Waals surface area contributed by atoms with Gasteiger partial charge in [-0.25, -0.2) is 4.98 Å². The van der Waals surface area contributed by atoms with Crippen molar-refractivity contribution in [3.05, 3.63) is 16.6 Å². The van der Waals surface area contributed by atoms with Gasteiger partial charge in [-0.3, -0.25) is 4.79 Å². The summed E-state index contributed by atoms with van der Waals surface area (Å²) in [6.45, 7) is 5.48. The maximum Gasteiger partial charge on any atom is 0.237 e. The molecule has 0 fully saturated rings. The number of nitrogens with zero attached hydrogens (tertiary/aromatic N) is 1. The van der Waals surface area contributed by atoms with E-state index in [0.717, 1.165) is 5.01 Å². The van der Waals surface area contributed by atoms with Gasteiger partial charge >= 0.3 is 0 Å². The van der Waals surface area contributed by atoms with E-state index in [1.54, 1.807) is 13.1 Å². The Bertz CT molecular complexity index is 306. The van der Waals surface area contributed by atoms with Crippen LogP contribution in [0.2, 0.25) is 0 Å². The second-order valence-electron chi connectivity index (χ2n) is 3.74. The Morgan fingerprint density at radius 2 is 2.36 bits per heavy atom. The summed E-state index contributed by atoms with van der Waals surface area (Å²) < 4.78 is 0. The number of carbonyl (C=O) groups excluding carboxylic acids is 1. The Morgan fingerprint density at radius 3 is 2.79 bits per heavy atom. The average Bonchev–Trinajstić information content (AvgIpc) is 2.54. The first-order chi connectivity index (χ1) is 6.43. The lowest BCUT2D eigenvalue weighted by Crippen LogP contribution is -2.47. The Balaban J connectivity index is 2.72. The molecule has 0 unspecified atom stereocenters. The molecule has 1 rings (SSSR count). The average molecular weight is 213 g/mol. The lowest BCUT2D eigenvalue weighted by molar-refractivity contribution is -0.123. The van der Waals surface area contributed by atoms with Gasteiger partial charge in [0.05, 0.1) is 11.6 Å². The third kappa shape index (κ3) is 2.52. The van der Waals surface area contributed by atoms with Gasteiger partial charge in [-0.15, -0.1) is 11.3 Å². The summed E-state index contributed by atoms with van der Waals surface area (Å²) in [6, 6.07) is -0.491. The summed E-state index contributed by atoms with van der Waals surface area (Å²) in [5.74, 6) is -0.162. The minimum Gasteiger partial charge on any atom is -0.343 e. The number of aromatic nitrogens is 1. The molecule has 14 heavy (non-hydrogen) atoms. The predicted octanol–water partition coefficient (Wildman–Crippen LogP) is 0.842. The van der Waals surface area contributed by atoms with Crippen LogP contribution >= 0.6 is 11.3 Å². The second-order valence-corrected chi connectivity index (χ2v) is 4.63. The molecule has 0 aliphatic rings. The molecule has 1 heterocycles. The third-order valence-electron chi connectivity index (χ3n) is 1.82. The minimum absolute atomic E-state index is 0.162. The number of hydrogen-bond acceptors (Lipinski definition) is 4. The monoisotopic (exact) mass is 213 g/mol. The highest BCUT2D eigenvalue weighted by Gasteiger charge is 2.26. The first-order valence-electron chi connectivity index (χ1n) is 4.41. The smallest absolute Gasteiger partial charge is 0.237 e. The quantitative estimate of drug-likeness (QED) is 0.782. The van der Waals surface area contributed by atoms with Crippen molar-refractivity contribution in [3.63, 3.8) is 0 Å². The molecule has 1 amide bonds. The van der Waals surface area contributed by atoms with Crippen molar-refractivity contribution in [2.24, 2.45) is 5.73 Å². The molecular formula is C9H15N3OS. The van der Waals surface area contributed by atoms with Gasteiger partial charge in [0.15, 0.2) is 0 Å². The first-order valence-corrected chi connectivity index (χ1v) is 5.29. The molecule has 4 nitrogen and oxygen atoms in total. The molecular weight excluding hydrogens is 198 g/mol. The highest BCUT2D eigenvalue weighted by molar-refractivity contribution is 7.09. The molecule has 0 aliphatic heterocycles. The summed E-state index contributed by atoms with van der Waals surface area (Å²) in [5, 5.41) is 5.61. The Kier molecular flexibility index (Phi) is 3.23. The van der Waals surface area contributed by atoms with Crippen LogP contribution in [0.5, 0.6) is 0 Å². The topological polar surface area (TPSA) is 68.0 Å². The number of carbonyl (C=O) groups is 1. The van der Waals surface area contributed by atoms with Crippen molar-refractivity contribution < 1.29 is 4.79 Å². The highest BCUT2D eigenvalue weighted by atomic mass is 32.1. The van der Waals surface area contributed by atoms with Gasteiger partial charge in [0, 0.05) is 11.6 Å². The molecule has 1 atom stereocenters. The SMILES string of the molecule is C[C@H](N)C(=O)NC(C)(C)c1nccs1. The minimum atomic E-state index is -0.491. The Labute approximate surface area is 87.5 Å². The lowest BCUT2D eigenvalue weighted by atomic mass is 10.1. The first kappa shape index (κ1) is 11.1. The standard InChI is InChI=1S/C9H15N3OS/c1-6(10)7(13)12-9(2,3)8-11-4-5-14-8/h4-6H,10H2,1-3H3,(H,12,13)/t6-/m0/s1. The van der Waals surface area contributed by atoms with Crippen LogP contribution in [0, 0.1) is 0 Å². The Morgan fingerprint density at radius 1 is 1.71 bits per heavy atom. The van der Waals surface area contributed by atoms with Gasteiger partial charge in [-0.2, -0.15) is 0 Å². The van der Waals surface area contributed by atoms with E-state index < -0.39 is 11.6 Å². The number of rotatable bonds is 3. The van der Waals surface area contributed by atoms with Crippen LogP contribution < -0.4 is 11.1 Å². The van der Waals surface area contributed by atoms with Crippen LogP contribution in [0.25, 0.3) is 0 Å². The lowest BCUT2D eigenvalue weighted by Gasteiger charge is -2.24. The Hall–Kier alpha value is -0.940. The van der Waals surface area contributed by atoms with Gasteiger partial charge in [0.1, 0.15) is 5.01 Å². The number of thiazole rings is 1.